The zero-order chi connectivity index (χ0) is 18.8. The third kappa shape index (κ3) is 6.65. The van der Waals surface area contributed by atoms with Gasteiger partial charge in [0.25, 0.3) is 0 Å². The predicted molar refractivity (Wildman–Crippen MR) is 104 cm³/mol. The summed E-state index contributed by atoms with van der Waals surface area (Å²) in [6, 6.07) is 7.87. The van der Waals surface area contributed by atoms with Gasteiger partial charge in [0.1, 0.15) is 17.4 Å². The molecule has 0 unspecified atom stereocenters. The second-order valence-electron chi connectivity index (χ2n) is 5.94. The van der Waals surface area contributed by atoms with Gasteiger partial charge in [0, 0.05) is 32.2 Å². The standard InChI is InChI=1S/C19H27N3O3S/c1-4-20-19(23)22(9-6-10-24-3)12-16-14-26-18(21-16)13-25-17-8-5-7-15(2)11-17/h5,7-8,11,14H,4,6,9-10,12-13H2,1-3H3,(H,20,23). The molecule has 26 heavy (non-hydrogen) atoms. The molecule has 1 N–H and O–H groups in total. The van der Waals surface area contributed by atoms with E-state index < -0.39 is 0 Å². The summed E-state index contributed by atoms with van der Waals surface area (Å²) < 4.78 is 10.9. The first-order valence-electron chi connectivity index (χ1n) is 8.76. The highest BCUT2D eigenvalue weighted by Crippen LogP contribution is 2.17. The Morgan fingerprint density at radius 1 is 1.38 bits per heavy atom. The Morgan fingerprint density at radius 3 is 2.96 bits per heavy atom. The Labute approximate surface area is 159 Å². The minimum absolute atomic E-state index is 0.0748. The number of hydrogen-bond acceptors (Lipinski definition) is 5. The number of carbonyl (C=O) groups is 1. The lowest BCUT2D eigenvalue weighted by Gasteiger charge is -2.21. The lowest BCUT2D eigenvalue weighted by molar-refractivity contribution is 0.166. The number of urea groups is 1. The second-order valence-corrected chi connectivity index (χ2v) is 6.88. The van der Waals surface area contributed by atoms with Crippen LogP contribution in [0.1, 0.15) is 29.6 Å². The molecule has 142 valence electrons. The average Bonchev–Trinajstić information content (AvgIpc) is 3.07. The molecule has 0 bridgehead atoms. The Kier molecular flexibility index (Phi) is 8.37. The molecule has 0 aliphatic carbocycles. The van der Waals surface area contributed by atoms with E-state index in [-0.39, 0.29) is 6.03 Å². The van der Waals surface area contributed by atoms with E-state index in [9.17, 15) is 4.79 Å². The van der Waals surface area contributed by atoms with Gasteiger partial charge in [0.05, 0.1) is 12.2 Å². The number of nitrogens with one attached hydrogen (secondary N) is 1. The van der Waals surface area contributed by atoms with Crippen molar-refractivity contribution in [2.45, 2.75) is 33.4 Å². The van der Waals surface area contributed by atoms with Crippen molar-refractivity contribution in [1.29, 1.82) is 0 Å². The van der Waals surface area contributed by atoms with Crippen molar-refractivity contribution in [2.75, 3.05) is 26.8 Å². The molecule has 0 fully saturated rings. The van der Waals surface area contributed by atoms with Crippen LogP contribution in [-0.4, -0.2) is 42.7 Å². The lowest BCUT2D eigenvalue weighted by Crippen LogP contribution is -2.40. The van der Waals surface area contributed by atoms with Gasteiger partial charge in [-0.3, -0.25) is 0 Å². The number of thiazole rings is 1. The second kappa shape index (κ2) is 10.8. The topological polar surface area (TPSA) is 63.7 Å². The van der Waals surface area contributed by atoms with Crippen molar-refractivity contribution < 1.29 is 14.3 Å². The number of benzene rings is 1. The number of aryl methyl sites for hydroxylation is 1. The van der Waals surface area contributed by atoms with E-state index in [2.05, 4.69) is 10.3 Å². The SMILES string of the molecule is CCNC(=O)N(CCCOC)Cc1csc(COc2cccc(C)c2)n1. The highest BCUT2D eigenvalue weighted by atomic mass is 32.1. The van der Waals surface area contributed by atoms with Crippen molar-refractivity contribution in [2.24, 2.45) is 0 Å². The van der Waals surface area contributed by atoms with Gasteiger partial charge in [0.2, 0.25) is 0 Å². The highest BCUT2D eigenvalue weighted by molar-refractivity contribution is 7.09. The fourth-order valence-electron chi connectivity index (χ4n) is 2.45. The van der Waals surface area contributed by atoms with Gasteiger partial charge >= 0.3 is 6.03 Å². The summed E-state index contributed by atoms with van der Waals surface area (Å²) in [7, 11) is 1.66. The minimum atomic E-state index is -0.0748. The molecular weight excluding hydrogens is 350 g/mol. The first-order chi connectivity index (χ1) is 12.6. The zero-order valence-electron chi connectivity index (χ0n) is 15.7. The monoisotopic (exact) mass is 377 g/mol. The minimum Gasteiger partial charge on any atom is -0.486 e. The quantitative estimate of drug-likeness (QED) is 0.643. The van der Waals surface area contributed by atoms with Crippen LogP contribution in [0.3, 0.4) is 0 Å². The van der Waals surface area contributed by atoms with Crippen LogP contribution in [0.25, 0.3) is 0 Å². The van der Waals surface area contributed by atoms with Gasteiger partial charge < -0.3 is 19.7 Å². The molecule has 0 radical (unpaired) electrons. The van der Waals surface area contributed by atoms with Crippen molar-refractivity contribution in [3.05, 3.63) is 45.9 Å². The number of nitrogens with zero attached hydrogens (tertiary/aromatic N) is 2. The average molecular weight is 378 g/mol. The number of amides is 2. The summed E-state index contributed by atoms with van der Waals surface area (Å²) in [5.41, 5.74) is 2.04. The number of ether oxygens (including phenoxy) is 2. The summed E-state index contributed by atoms with van der Waals surface area (Å²) in [5, 5.41) is 5.73. The number of aromatic nitrogens is 1. The molecule has 0 saturated carbocycles. The van der Waals surface area contributed by atoms with E-state index in [0.717, 1.165) is 28.4 Å². The van der Waals surface area contributed by atoms with Crippen LogP contribution in [0.4, 0.5) is 4.79 Å². The van der Waals surface area contributed by atoms with Gasteiger partial charge in [-0.15, -0.1) is 11.3 Å². The third-order valence-electron chi connectivity index (χ3n) is 3.70. The summed E-state index contributed by atoms with van der Waals surface area (Å²) in [6.45, 7) is 6.72. The number of methoxy groups -OCH3 is 1. The largest absolute Gasteiger partial charge is 0.486 e. The molecule has 0 spiro atoms. The van der Waals surface area contributed by atoms with Gasteiger partial charge in [-0.05, 0) is 38.0 Å². The summed E-state index contributed by atoms with van der Waals surface area (Å²) in [4.78, 5) is 18.6. The van der Waals surface area contributed by atoms with Crippen LogP contribution >= 0.6 is 11.3 Å². The normalized spacial score (nSPS) is 10.6. The van der Waals surface area contributed by atoms with Crippen LogP contribution in [0, 0.1) is 6.92 Å². The maximum atomic E-state index is 12.2. The van der Waals surface area contributed by atoms with E-state index in [1.165, 1.54) is 0 Å². The fourth-order valence-corrected chi connectivity index (χ4v) is 3.15. The molecule has 7 heteroatoms. The Balaban J connectivity index is 1.91. The molecule has 0 aliphatic heterocycles. The molecule has 1 aromatic carbocycles. The molecule has 2 aromatic rings. The van der Waals surface area contributed by atoms with Gasteiger partial charge in [-0.2, -0.15) is 0 Å². The first kappa shape index (κ1) is 20.2. The van der Waals surface area contributed by atoms with Crippen LogP contribution in [0.5, 0.6) is 5.75 Å². The summed E-state index contributed by atoms with van der Waals surface area (Å²) >= 11 is 1.55. The molecule has 1 aromatic heterocycles. The van der Waals surface area contributed by atoms with E-state index >= 15 is 0 Å². The highest BCUT2D eigenvalue weighted by Gasteiger charge is 2.15. The van der Waals surface area contributed by atoms with Gasteiger partial charge in [0.15, 0.2) is 0 Å². The van der Waals surface area contributed by atoms with Crippen molar-refractivity contribution in [3.8, 4) is 5.75 Å². The van der Waals surface area contributed by atoms with E-state index in [4.69, 9.17) is 9.47 Å². The number of hydrogen-bond donors (Lipinski definition) is 1. The summed E-state index contributed by atoms with van der Waals surface area (Å²) in [5.74, 6) is 0.838. The predicted octanol–water partition coefficient (Wildman–Crippen LogP) is 3.60. The molecule has 0 saturated heterocycles. The Hall–Kier alpha value is -2.12. The lowest BCUT2D eigenvalue weighted by atomic mass is 10.2. The molecular formula is C19H27N3O3S. The van der Waals surface area contributed by atoms with E-state index in [1.54, 1.807) is 23.3 Å². The van der Waals surface area contributed by atoms with Crippen LogP contribution < -0.4 is 10.1 Å². The van der Waals surface area contributed by atoms with Crippen LogP contribution in [0.15, 0.2) is 29.6 Å². The Morgan fingerprint density at radius 2 is 2.23 bits per heavy atom. The van der Waals surface area contributed by atoms with E-state index in [0.29, 0.717) is 32.8 Å². The first-order valence-corrected chi connectivity index (χ1v) is 9.64. The van der Waals surface area contributed by atoms with Crippen molar-refractivity contribution >= 4 is 17.4 Å². The van der Waals surface area contributed by atoms with E-state index in [1.807, 2.05) is 43.5 Å². The fraction of sp³-hybridized carbons (Fsp3) is 0.474. The Bertz CT molecular complexity index is 690. The van der Waals surface area contributed by atoms with Gasteiger partial charge in [-0.25, -0.2) is 9.78 Å². The molecule has 2 rings (SSSR count). The maximum absolute atomic E-state index is 12.2. The molecule has 0 aliphatic rings. The zero-order valence-corrected chi connectivity index (χ0v) is 16.5. The van der Waals surface area contributed by atoms with Crippen LogP contribution in [0.2, 0.25) is 0 Å². The third-order valence-corrected chi connectivity index (χ3v) is 4.57. The van der Waals surface area contributed by atoms with Crippen molar-refractivity contribution in [3.63, 3.8) is 0 Å². The molecule has 6 nitrogen and oxygen atoms in total. The molecule has 0 atom stereocenters. The number of carbonyl (C=O) groups excluding carboxylic acids is 1. The number of rotatable bonds is 10. The molecule has 1 heterocycles. The van der Waals surface area contributed by atoms with Gasteiger partial charge in [-0.1, -0.05) is 12.1 Å². The van der Waals surface area contributed by atoms with Crippen molar-refractivity contribution in [1.82, 2.24) is 15.2 Å². The summed E-state index contributed by atoms with van der Waals surface area (Å²) in [6.07, 6.45) is 0.793. The molecule has 2 amide bonds. The maximum Gasteiger partial charge on any atom is 0.317 e. The smallest absolute Gasteiger partial charge is 0.317 e. The van der Waals surface area contributed by atoms with Crippen LogP contribution in [-0.2, 0) is 17.9 Å².